The van der Waals surface area contributed by atoms with Crippen LogP contribution in [0.3, 0.4) is 0 Å². The molecule has 0 aliphatic rings. The molecule has 1 N–H and O–H groups in total. The smallest absolute Gasteiger partial charge is 0.343 e. The van der Waals surface area contributed by atoms with Crippen LogP contribution < -0.4 is 5.32 Å². The van der Waals surface area contributed by atoms with Crippen LogP contribution >= 0.6 is 11.3 Å². The predicted octanol–water partition coefficient (Wildman–Crippen LogP) is 2.25. The third-order valence-electron chi connectivity index (χ3n) is 2.32. The third-order valence-corrected chi connectivity index (χ3v) is 3.20. The Kier molecular flexibility index (Phi) is 3.88. The number of ether oxygens (including phenoxy) is 1. The first-order valence-electron chi connectivity index (χ1n) is 5.39. The quantitative estimate of drug-likeness (QED) is 0.857. The van der Waals surface area contributed by atoms with E-state index in [0.29, 0.717) is 23.8 Å². The summed E-state index contributed by atoms with van der Waals surface area (Å²) in [5.41, 5.74) is 0.347. The van der Waals surface area contributed by atoms with Gasteiger partial charge in [0.2, 0.25) is 0 Å². The number of esters is 1. The lowest BCUT2D eigenvalue weighted by Crippen LogP contribution is -2.11. The van der Waals surface area contributed by atoms with Crippen molar-refractivity contribution >= 4 is 23.1 Å². The molecule has 0 aliphatic heterocycles. The minimum Gasteiger partial charge on any atom is -0.465 e. The number of aryl methyl sites for hydroxylation is 1. The molecule has 0 fully saturated rings. The fourth-order valence-electron chi connectivity index (χ4n) is 1.45. The summed E-state index contributed by atoms with van der Waals surface area (Å²) in [5.74, 6) is 0.669. The van der Waals surface area contributed by atoms with E-state index in [0.717, 1.165) is 0 Å². The molecule has 0 aromatic carbocycles. The Labute approximate surface area is 109 Å². The Morgan fingerprint density at radius 2 is 2.39 bits per heavy atom. The van der Waals surface area contributed by atoms with Gasteiger partial charge >= 0.3 is 5.97 Å². The van der Waals surface area contributed by atoms with Crippen LogP contribution in [0.4, 0.5) is 5.82 Å². The number of thiophene rings is 1. The largest absolute Gasteiger partial charge is 0.465 e. The van der Waals surface area contributed by atoms with Crippen molar-refractivity contribution in [2.75, 3.05) is 12.4 Å². The predicted molar refractivity (Wildman–Crippen MR) is 69.8 cm³/mol. The van der Waals surface area contributed by atoms with Crippen LogP contribution in [0.15, 0.2) is 23.7 Å². The highest BCUT2D eigenvalue weighted by Gasteiger charge is 2.14. The molecule has 2 aromatic heterocycles. The molecule has 2 aromatic rings. The summed E-state index contributed by atoms with van der Waals surface area (Å²) in [7, 11) is 1.34. The van der Waals surface area contributed by atoms with E-state index in [2.05, 4.69) is 15.3 Å². The molecule has 0 amide bonds. The van der Waals surface area contributed by atoms with Crippen LogP contribution in [0.2, 0.25) is 0 Å². The van der Waals surface area contributed by atoms with Gasteiger partial charge in [0.05, 0.1) is 13.7 Å². The number of hydrogen-bond acceptors (Lipinski definition) is 6. The fraction of sp³-hybridized carbons (Fsp3) is 0.250. The van der Waals surface area contributed by atoms with E-state index >= 15 is 0 Å². The highest BCUT2D eigenvalue weighted by atomic mass is 32.1. The van der Waals surface area contributed by atoms with Gasteiger partial charge < -0.3 is 10.1 Å². The zero-order valence-electron chi connectivity index (χ0n) is 10.1. The van der Waals surface area contributed by atoms with Gasteiger partial charge in [-0.15, -0.1) is 11.3 Å². The zero-order valence-corrected chi connectivity index (χ0v) is 11.0. The molecule has 0 saturated carbocycles. The summed E-state index contributed by atoms with van der Waals surface area (Å²) >= 11 is 1.64. The topological polar surface area (TPSA) is 64.1 Å². The van der Waals surface area contributed by atoms with Gasteiger partial charge in [-0.05, 0) is 18.4 Å². The van der Waals surface area contributed by atoms with Crippen molar-refractivity contribution in [1.29, 1.82) is 0 Å². The number of hydrogen-bond donors (Lipinski definition) is 1. The molecule has 18 heavy (non-hydrogen) atoms. The van der Waals surface area contributed by atoms with E-state index in [1.165, 1.54) is 18.2 Å². The van der Waals surface area contributed by atoms with E-state index in [-0.39, 0.29) is 0 Å². The number of nitrogens with zero attached hydrogens (tertiary/aromatic N) is 2. The minimum atomic E-state index is -0.441. The molecule has 0 spiro atoms. The van der Waals surface area contributed by atoms with Crippen LogP contribution in [0.25, 0.3) is 0 Å². The lowest BCUT2D eigenvalue weighted by molar-refractivity contribution is 0.0601. The number of aromatic nitrogens is 2. The van der Waals surface area contributed by atoms with Gasteiger partial charge in [-0.3, -0.25) is 0 Å². The van der Waals surface area contributed by atoms with Gasteiger partial charge in [-0.2, -0.15) is 0 Å². The highest BCUT2D eigenvalue weighted by Crippen LogP contribution is 2.16. The van der Waals surface area contributed by atoms with Crippen molar-refractivity contribution in [2.24, 2.45) is 0 Å². The molecule has 2 heterocycles. The van der Waals surface area contributed by atoms with Gasteiger partial charge in [0, 0.05) is 11.1 Å². The van der Waals surface area contributed by atoms with E-state index in [1.54, 1.807) is 18.3 Å². The number of anilines is 1. The minimum absolute atomic E-state index is 0.347. The maximum Gasteiger partial charge on any atom is 0.343 e. The molecule has 0 radical (unpaired) electrons. The lowest BCUT2D eigenvalue weighted by Gasteiger charge is -2.09. The van der Waals surface area contributed by atoms with E-state index in [1.807, 2.05) is 17.5 Å². The summed E-state index contributed by atoms with van der Waals surface area (Å²) in [5, 5.41) is 5.13. The normalized spacial score (nSPS) is 10.1. The average Bonchev–Trinajstić information content (AvgIpc) is 2.88. The summed E-state index contributed by atoms with van der Waals surface area (Å²) in [4.78, 5) is 21.0. The van der Waals surface area contributed by atoms with E-state index in [4.69, 9.17) is 4.74 Å². The van der Waals surface area contributed by atoms with Gasteiger partial charge in [0.1, 0.15) is 17.2 Å². The van der Waals surface area contributed by atoms with Gasteiger partial charge in [0.15, 0.2) is 0 Å². The Hall–Kier alpha value is -1.95. The van der Waals surface area contributed by atoms with Crippen molar-refractivity contribution in [3.63, 3.8) is 0 Å². The monoisotopic (exact) mass is 263 g/mol. The Balaban J connectivity index is 2.19. The summed E-state index contributed by atoms with van der Waals surface area (Å²) in [6.45, 7) is 2.40. The number of methoxy groups -OCH3 is 1. The highest BCUT2D eigenvalue weighted by molar-refractivity contribution is 7.09. The SMILES string of the molecule is COC(=O)c1cnc(C)nc1NCc1cccs1. The summed E-state index contributed by atoms with van der Waals surface area (Å²) < 4.78 is 4.70. The second-order valence-electron chi connectivity index (χ2n) is 3.60. The third kappa shape index (κ3) is 2.84. The molecule has 0 saturated heterocycles. The van der Waals surface area contributed by atoms with Crippen molar-refractivity contribution in [3.05, 3.63) is 40.0 Å². The molecule has 2 rings (SSSR count). The molecule has 5 nitrogen and oxygen atoms in total. The Morgan fingerprint density at radius 1 is 1.56 bits per heavy atom. The van der Waals surface area contributed by atoms with E-state index in [9.17, 15) is 4.79 Å². The van der Waals surface area contributed by atoms with Gasteiger partial charge in [-0.25, -0.2) is 14.8 Å². The molecule has 6 heteroatoms. The molecule has 0 bridgehead atoms. The zero-order chi connectivity index (χ0) is 13.0. The molecular formula is C12H13N3O2S. The first-order chi connectivity index (χ1) is 8.70. The van der Waals surface area contributed by atoms with Crippen LogP contribution in [-0.2, 0) is 11.3 Å². The maximum atomic E-state index is 11.6. The van der Waals surface area contributed by atoms with Gasteiger partial charge in [-0.1, -0.05) is 6.07 Å². The first-order valence-corrected chi connectivity index (χ1v) is 6.27. The first kappa shape index (κ1) is 12.5. The van der Waals surface area contributed by atoms with Gasteiger partial charge in [0.25, 0.3) is 0 Å². The number of rotatable bonds is 4. The van der Waals surface area contributed by atoms with Crippen molar-refractivity contribution in [2.45, 2.75) is 13.5 Å². The second-order valence-corrected chi connectivity index (χ2v) is 4.64. The molecule has 0 atom stereocenters. The Morgan fingerprint density at radius 3 is 3.06 bits per heavy atom. The summed E-state index contributed by atoms with van der Waals surface area (Å²) in [6, 6.07) is 4.00. The molecular weight excluding hydrogens is 250 g/mol. The van der Waals surface area contributed by atoms with E-state index < -0.39 is 5.97 Å². The number of carbonyl (C=O) groups is 1. The lowest BCUT2D eigenvalue weighted by atomic mass is 10.3. The fourth-order valence-corrected chi connectivity index (χ4v) is 2.09. The van der Waals surface area contributed by atoms with Crippen LogP contribution in [0.5, 0.6) is 0 Å². The number of nitrogens with one attached hydrogen (secondary N) is 1. The van der Waals surface area contributed by atoms with Crippen molar-refractivity contribution in [3.8, 4) is 0 Å². The van der Waals surface area contributed by atoms with Crippen molar-refractivity contribution in [1.82, 2.24) is 9.97 Å². The molecule has 0 unspecified atom stereocenters. The van der Waals surface area contributed by atoms with Crippen LogP contribution in [0.1, 0.15) is 21.1 Å². The molecule has 0 aliphatic carbocycles. The molecule has 94 valence electrons. The second kappa shape index (κ2) is 5.59. The van der Waals surface area contributed by atoms with Crippen molar-refractivity contribution < 1.29 is 9.53 Å². The Bertz CT molecular complexity index is 540. The van der Waals surface area contributed by atoms with Crippen LogP contribution in [0, 0.1) is 6.92 Å². The number of carbonyl (C=O) groups excluding carboxylic acids is 1. The average molecular weight is 263 g/mol. The van der Waals surface area contributed by atoms with Crippen LogP contribution in [-0.4, -0.2) is 23.0 Å². The maximum absolute atomic E-state index is 11.6. The standard InChI is InChI=1S/C12H13N3O2S/c1-8-13-7-10(12(16)17-2)11(15-8)14-6-9-4-3-5-18-9/h3-5,7H,6H2,1-2H3,(H,13,14,15). The summed E-state index contributed by atoms with van der Waals surface area (Å²) in [6.07, 6.45) is 1.48.